The summed E-state index contributed by atoms with van der Waals surface area (Å²) in [5.74, 6) is -0.753. The maximum atomic E-state index is 15.4. The number of pyridine rings is 2. The molecular weight excluding hydrogens is 541 g/mol. The third-order valence-corrected chi connectivity index (χ3v) is 7.60. The molecule has 0 atom stereocenters. The molecule has 5 heterocycles. The zero-order valence-electron chi connectivity index (χ0n) is 22.1. The lowest BCUT2D eigenvalue weighted by Crippen LogP contribution is -2.31. The van der Waals surface area contributed by atoms with Gasteiger partial charge in [-0.3, -0.25) is 14.6 Å². The molecule has 0 unspecified atom stereocenters. The summed E-state index contributed by atoms with van der Waals surface area (Å²) in [4.78, 5) is 9.70. The van der Waals surface area contributed by atoms with Crippen molar-refractivity contribution >= 4 is 43.9 Å². The maximum absolute atomic E-state index is 15.4. The number of alkyl halides is 3. The van der Waals surface area contributed by atoms with Crippen LogP contribution in [0.1, 0.15) is 30.7 Å². The van der Waals surface area contributed by atoms with Crippen LogP contribution >= 0.6 is 0 Å². The number of nitrogens with one attached hydrogen (secondary N) is 1. The number of nitrogens with zero attached hydrogens (tertiary/aromatic N) is 4. The van der Waals surface area contributed by atoms with Crippen molar-refractivity contribution in [2.24, 2.45) is 5.92 Å². The van der Waals surface area contributed by atoms with Gasteiger partial charge in [0.05, 0.1) is 17.7 Å². The topological polar surface area (TPSA) is 58.4 Å². The monoisotopic (exact) mass is 565 g/mol. The van der Waals surface area contributed by atoms with E-state index in [2.05, 4.69) is 28.9 Å². The molecule has 4 aromatic heterocycles. The fourth-order valence-electron chi connectivity index (χ4n) is 5.82. The number of halogens is 5. The van der Waals surface area contributed by atoms with E-state index >= 15 is 4.39 Å². The first-order valence-corrected chi connectivity index (χ1v) is 13.3. The smallest absolute Gasteiger partial charge is 0.417 e. The van der Waals surface area contributed by atoms with Crippen LogP contribution in [0.15, 0.2) is 48.8 Å². The van der Waals surface area contributed by atoms with Crippen molar-refractivity contribution in [1.82, 2.24) is 19.6 Å². The number of H-pyrrole nitrogens is 1. The number of ether oxygens (including phenoxy) is 1. The summed E-state index contributed by atoms with van der Waals surface area (Å²) in [6.45, 7) is 5.09. The van der Waals surface area contributed by atoms with Crippen LogP contribution < -0.4 is 9.64 Å². The third-order valence-electron chi connectivity index (χ3n) is 7.60. The highest BCUT2D eigenvalue weighted by Gasteiger charge is 2.33. The molecule has 0 saturated heterocycles. The Kier molecular flexibility index (Phi) is 5.64. The predicted octanol–water partition coefficient (Wildman–Crippen LogP) is 7.41. The van der Waals surface area contributed by atoms with E-state index in [0.29, 0.717) is 53.9 Å². The molecule has 41 heavy (non-hydrogen) atoms. The van der Waals surface area contributed by atoms with Crippen molar-refractivity contribution in [3.05, 3.63) is 77.2 Å². The summed E-state index contributed by atoms with van der Waals surface area (Å²) in [7, 11) is 0. The number of benzene rings is 2. The fraction of sp³-hybridized carbons (Fsp3) is 0.267. The second-order valence-corrected chi connectivity index (χ2v) is 10.8. The molecule has 1 aliphatic heterocycles. The molecule has 0 aliphatic carbocycles. The van der Waals surface area contributed by atoms with Crippen LogP contribution in [0.3, 0.4) is 0 Å². The summed E-state index contributed by atoms with van der Waals surface area (Å²) in [5.41, 5.74) is 2.21. The molecule has 0 spiro atoms. The Bertz CT molecular complexity index is 1990. The van der Waals surface area contributed by atoms with Gasteiger partial charge >= 0.3 is 6.18 Å². The Morgan fingerprint density at radius 2 is 1.83 bits per heavy atom. The number of rotatable bonds is 4. The molecule has 6 nitrogen and oxygen atoms in total. The number of fused-ring (bicyclic) bond motifs is 10. The lowest BCUT2D eigenvalue weighted by Gasteiger charge is -2.28. The number of hydrogen-bond donors (Lipinski definition) is 1. The molecular formula is C30H24F5N5O. The number of aromatic amines is 1. The first-order valence-electron chi connectivity index (χ1n) is 13.3. The van der Waals surface area contributed by atoms with E-state index in [1.165, 1.54) is 6.07 Å². The minimum atomic E-state index is -4.70. The molecule has 0 amide bonds. The van der Waals surface area contributed by atoms with Crippen LogP contribution in [0.2, 0.25) is 0 Å². The summed E-state index contributed by atoms with van der Waals surface area (Å²) in [6, 6.07) is 9.47. The molecule has 6 aromatic rings. The second-order valence-electron chi connectivity index (χ2n) is 10.8. The van der Waals surface area contributed by atoms with E-state index in [1.807, 2.05) is 22.7 Å². The lowest BCUT2D eigenvalue weighted by molar-refractivity contribution is -0.138. The van der Waals surface area contributed by atoms with Crippen molar-refractivity contribution < 1.29 is 26.7 Å². The summed E-state index contributed by atoms with van der Waals surface area (Å²) in [6.07, 6.45) is -2.04. The standard InChI is InChI=1S/C30H24F5N5O/c1-15(2)14-41-24-5-3-4-18-25-17-6-8-36-26(17)21(31)11-19(25)27-20-13-39(9-7-23(20)38-40(27)28(18)24)29-22(32)10-16(12-37-29)30(33,34)35/h3-6,8,10-12,15,38H,7,9,13-14H2,1-2H3. The Labute approximate surface area is 230 Å². The predicted molar refractivity (Wildman–Crippen MR) is 146 cm³/mol. The lowest BCUT2D eigenvalue weighted by atomic mass is 9.97. The minimum Gasteiger partial charge on any atom is -0.491 e. The van der Waals surface area contributed by atoms with E-state index in [9.17, 15) is 17.6 Å². The van der Waals surface area contributed by atoms with E-state index in [4.69, 9.17) is 4.74 Å². The van der Waals surface area contributed by atoms with Crippen LogP contribution in [-0.4, -0.2) is 32.7 Å². The number of hydrogen-bond acceptors (Lipinski definition) is 4. The average molecular weight is 566 g/mol. The molecule has 7 rings (SSSR count). The van der Waals surface area contributed by atoms with Gasteiger partial charge in [0.25, 0.3) is 0 Å². The second kappa shape index (κ2) is 9.05. The van der Waals surface area contributed by atoms with Gasteiger partial charge in [-0.2, -0.15) is 13.2 Å². The molecule has 0 fully saturated rings. The molecule has 210 valence electrons. The van der Waals surface area contributed by atoms with Crippen LogP contribution in [0.25, 0.3) is 38.1 Å². The molecule has 0 radical (unpaired) electrons. The molecule has 2 aromatic carbocycles. The van der Waals surface area contributed by atoms with Gasteiger partial charge < -0.3 is 9.64 Å². The van der Waals surface area contributed by atoms with Crippen LogP contribution in [0, 0.1) is 17.6 Å². The van der Waals surface area contributed by atoms with Crippen molar-refractivity contribution in [2.45, 2.75) is 33.0 Å². The molecule has 0 saturated carbocycles. The summed E-state index contributed by atoms with van der Waals surface area (Å²) in [5, 5.41) is 6.42. The summed E-state index contributed by atoms with van der Waals surface area (Å²) < 4.78 is 77.8. The van der Waals surface area contributed by atoms with Gasteiger partial charge in [0.2, 0.25) is 0 Å². The van der Waals surface area contributed by atoms with Gasteiger partial charge in [0, 0.05) is 64.7 Å². The summed E-state index contributed by atoms with van der Waals surface area (Å²) >= 11 is 0. The molecule has 1 N–H and O–H groups in total. The van der Waals surface area contributed by atoms with Gasteiger partial charge in [-0.05, 0) is 30.2 Å². The van der Waals surface area contributed by atoms with E-state index in [1.54, 1.807) is 17.2 Å². The highest BCUT2D eigenvalue weighted by atomic mass is 19.4. The maximum Gasteiger partial charge on any atom is 0.417 e. The van der Waals surface area contributed by atoms with Gasteiger partial charge in [0.15, 0.2) is 11.6 Å². The minimum absolute atomic E-state index is 0.159. The number of para-hydroxylation sites is 1. The fourth-order valence-corrected chi connectivity index (χ4v) is 5.82. The Balaban J connectivity index is 1.49. The van der Waals surface area contributed by atoms with Crippen LogP contribution in [0.5, 0.6) is 5.75 Å². The van der Waals surface area contributed by atoms with Crippen molar-refractivity contribution in [3.63, 3.8) is 0 Å². The SMILES string of the molecule is CC(C)COc1cccc2c3c4ccnc4c(F)cc3c3c4c([nH]n3c12)CCN(c1ncc(C(F)(F)F)cc1F)C4. The average Bonchev–Trinajstić information content (AvgIpc) is 3.57. The van der Waals surface area contributed by atoms with Gasteiger partial charge in [-0.1, -0.05) is 26.0 Å². The third kappa shape index (κ3) is 3.97. The van der Waals surface area contributed by atoms with Gasteiger partial charge in [0.1, 0.15) is 22.6 Å². The largest absolute Gasteiger partial charge is 0.491 e. The molecule has 11 heteroatoms. The highest BCUT2D eigenvalue weighted by Crippen LogP contribution is 2.42. The number of aromatic nitrogens is 4. The van der Waals surface area contributed by atoms with Crippen LogP contribution in [-0.2, 0) is 19.1 Å². The van der Waals surface area contributed by atoms with E-state index < -0.39 is 23.4 Å². The van der Waals surface area contributed by atoms with Gasteiger partial charge in [-0.25, -0.2) is 13.8 Å². The Morgan fingerprint density at radius 3 is 2.59 bits per heavy atom. The Morgan fingerprint density at radius 1 is 1.00 bits per heavy atom. The molecule has 1 aliphatic rings. The first-order chi connectivity index (χ1) is 19.6. The van der Waals surface area contributed by atoms with Gasteiger partial charge in [-0.15, -0.1) is 0 Å². The van der Waals surface area contributed by atoms with Crippen LogP contribution in [0.4, 0.5) is 27.8 Å². The van der Waals surface area contributed by atoms with Crippen molar-refractivity contribution in [3.8, 4) is 5.75 Å². The highest BCUT2D eigenvalue weighted by molar-refractivity contribution is 6.24. The van der Waals surface area contributed by atoms with Crippen molar-refractivity contribution in [2.75, 3.05) is 18.1 Å². The zero-order valence-corrected chi connectivity index (χ0v) is 22.1. The number of anilines is 1. The zero-order chi connectivity index (χ0) is 28.6. The van der Waals surface area contributed by atoms with E-state index in [-0.39, 0.29) is 23.8 Å². The quantitative estimate of drug-likeness (QED) is 0.179. The van der Waals surface area contributed by atoms with Crippen molar-refractivity contribution in [1.29, 1.82) is 0 Å². The Hall–Kier alpha value is -4.41. The molecule has 0 bridgehead atoms. The first kappa shape index (κ1) is 25.6. The van der Waals surface area contributed by atoms with E-state index in [0.717, 1.165) is 27.5 Å². The normalized spacial score (nSPS) is 14.2.